The van der Waals surface area contributed by atoms with Crippen LogP contribution in [0.15, 0.2) is 79.1 Å². The molecule has 7 rings (SSSR count). The van der Waals surface area contributed by atoms with Crippen molar-refractivity contribution >= 4 is 38.4 Å². The molecule has 3 heterocycles. The second-order valence-corrected chi connectivity index (χ2v) is 7.54. The van der Waals surface area contributed by atoms with Crippen molar-refractivity contribution in [3.8, 4) is 11.1 Å². The monoisotopic (exact) mass is 357 g/mol. The Balaban J connectivity index is 1.75. The Hall–Kier alpha value is -3.72. The van der Waals surface area contributed by atoms with E-state index < -0.39 is 0 Å². The van der Waals surface area contributed by atoms with Crippen molar-refractivity contribution in [3.05, 3.63) is 90.3 Å². The number of fused-ring (bicyclic) bond motifs is 11. The highest BCUT2D eigenvalue weighted by Gasteiger charge is 2.21. The van der Waals surface area contributed by atoms with E-state index in [0.29, 0.717) is 0 Å². The van der Waals surface area contributed by atoms with E-state index in [1.807, 2.05) is 18.5 Å². The number of para-hydroxylation sites is 1. The molecule has 0 radical (unpaired) electrons. The molecule has 0 spiro atoms. The quantitative estimate of drug-likeness (QED) is 0.323. The van der Waals surface area contributed by atoms with E-state index in [1.54, 1.807) is 0 Å². The molecule has 3 heteroatoms. The number of pyridine rings is 2. The highest BCUT2D eigenvalue weighted by Crippen LogP contribution is 2.41. The molecular formula is C25H15N3. The summed E-state index contributed by atoms with van der Waals surface area (Å²) < 4.78 is 2.26. The molecule has 3 aromatic carbocycles. The Morgan fingerprint density at radius 2 is 1.61 bits per heavy atom. The maximum Gasteiger partial charge on any atom is 0.146 e. The molecule has 28 heavy (non-hydrogen) atoms. The standard InChI is InChI=1S/C25H15N3/c1-2-6-17-15(5-1)11-16-12-20-18-7-3-4-8-23(18)28-24-14-26-10-9-22(24)27-25(28)21(20)13-19(16)17/h1-10,12-14H,11H2. The van der Waals surface area contributed by atoms with Crippen LogP contribution in [0.25, 0.3) is 49.5 Å². The average molecular weight is 357 g/mol. The number of aromatic nitrogens is 3. The van der Waals surface area contributed by atoms with Gasteiger partial charge in [-0.2, -0.15) is 0 Å². The van der Waals surface area contributed by atoms with Crippen LogP contribution < -0.4 is 0 Å². The lowest BCUT2D eigenvalue weighted by Crippen LogP contribution is -1.93. The van der Waals surface area contributed by atoms with Crippen molar-refractivity contribution in [2.45, 2.75) is 6.42 Å². The summed E-state index contributed by atoms with van der Waals surface area (Å²) in [6, 6.07) is 24.1. The highest BCUT2D eigenvalue weighted by molar-refractivity contribution is 6.15. The number of nitrogens with zero attached hydrogens (tertiary/aromatic N) is 3. The summed E-state index contributed by atoms with van der Waals surface area (Å²) in [6.45, 7) is 0. The Kier molecular flexibility index (Phi) is 2.54. The molecule has 1 aliphatic carbocycles. The van der Waals surface area contributed by atoms with E-state index in [2.05, 4.69) is 70.0 Å². The summed E-state index contributed by atoms with van der Waals surface area (Å²) in [7, 11) is 0. The summed E-state index contributed by atoms with van der Waals surface area (Å²) in [5.41, 5.74) is 9.71. The normalized spacial score (nSPS) is 12.9. The summed E-state index contributed by atoms with van der Waals surface area (Å²) in [6.07, 6.45) is 4.73. The first-order chi connectivity index (χ1) is 13.9. The smallest absolute Gasteiger partial charge is 0.146 e. The van der Waals surface area contributed by atoms with Gasteiger partial charge in [0.1, 0.15) is 5.65 Å². The number of rotatable bonds is 0. The lowest BCUT2D eigenvalue weighted by atomic mass is 9.98. The minimum atomic E-state index is 0.980. The molecule has 0 N–H and O–H groups in total. The van der Waals surface area contributed by atoms with E-state index in [4.69, 9.17) is 4.98 Å². The van der Waals surface area contributed by atoms with E-state index in [9.17, 15) is 0 Å². The zero-order valence-electron chi connectivity index (χ0n) is 15.1. The van der Waals surface area contributed by atoms with Gasteiger partial charge in [-0.1, -0.05) is 42.5 Å². The minimum absolute atomic E-state index is 0.980. The second-order valence-electron chi connectivity index (χ2n) is 7.54. The van der Waals surface area contributed by atoms with Gasteiger partial charge in [0.15, 0.2) is 0 Å². The third-order valence-corrected chi connectivity index (χ3v) is 6.06. The molecule has 6 aromatic rings. The van der Waals surface area contributed by atoms with Crippen LogP contribution in [0, 0.1) is 0 Å². The van der Waals surface area contributed by atoms with Crippen LogP contribution in [0.2, 0.25) is 0 Å². The maximum absolute atomic E-state index is 5.00. The summed E-state index contributed by atoms with van der Waals surface area (Å²) in [5, 5.41) is 3.73. The van der Waals surface area contributed by atoms with Crippen molar-refractivity contribution < 1.29 is 0 Å². The summed E-state index contributed by atoms with van der Waals surface area (Å²) in [5.74, 6) is 0. The number of imidazole rings is 1. The predicted molar refractivity (Wildman–Crippen MR) is 114 cm³/mol. The van der Waals surface area contributed by atoms with E-state index in [-0.39, 0.29) is 0 Å². The minimum Gasteiger partial charge on any atom is -0.290 e. The SMILES string of the molecule is c1ccc2c(c1)Cc1cc3c4ccccc4n4c5cnccc5nc4c3cc1-2. The van der Waals surface area contributed by atoms with Crippen molar-refractivity contribution in [1.82, 2.24) is 14.4 Å². The lowest BCUT2D eigenvalue weighted by Gasteiger charge is -2.11. The molecule has 1 aliphatic rings. The van der Waals surface area contributed by atoms with Crippen molar-refractivity contribution in [3.63, 3.8) is 0 Å². The van der Waals surface area contributed by atoms with Crippen molar-refractivity contribution in [2.24, 2.45) is 0 Å². The topological polar surface area (TPSA) is 30.2 Å². The van der Waals surface area contributed by atoms with Gasteiger partial charge in [0.2, 0.25) is 0 Å². The molecule has 0 saturated heterocycles. The molecule has 130 valence electrons. The van der Waals surface area contributed by atoms with Gasteiger partial charge in [0.25, 0.3) is 0 Å². The van der Waals surface area contributed by atoms with Gasteiger partial charge in [-0.3, -0.25) is 9.38 Å². The molecule has 0 unspecified atom stereocenters. The zero-order valence-corrected chi connectivity index (χ0v) is 15.1. The van der Waals surface area contributed by atoms with E-state index in [1.165, 1.54) is 43.9 Å². The zero-order chi connectivity index (χ0) is 18.2. The molecule has 0 fully saturated rings. The van der Waals surface area contributed by atoms with E-state index in [0.717, 1.165) is 23.1 Å². The Labute approximate surface area is 160 Å². The number of benzene rings is 3. The fraction of sp³-hybridized carbons (Fsp3) is 0.0400. The fourth-order valence-corrected chi connectivity index (χ4v) is 4.84. The first kappa shape index (κ1) is 14.4. The second kappa shape index (κ2) is 4.96. The highest BCUT2D eigenvalue weighted by atomic mass is 15.0. The Morgan fingerprint density at radius 3 is 2.61 bits per heavy atom. The van der Waals surface area contributed by atoms with Crippen LogP contribution in [0.1, 0.15) is 11.1 Å². The fourth-order valence-electron chi connectivity index (χ4n) is 4.84. The van der Waals surface area contributed by atoms with Crippen LogP contribution in [-0.2, 0) is 6.42 Å². The molecule has 0 bridgehead atoms. The largest absolute Gasteiger partial charge is 0.290 e. The van der Waals surface area contributed by atoms with Crippen LogP contribution in [0.5, 0.6) is 0 Å². The summed E-state index contributed by atoms with van der Waals surface area (Å²) >= 11 is 0. The Bertz CT molecular complexity index is 1590. The molecule has 0 saturated carbocycles. The van der Waals surface area contributed by atoms with Gasteiger partial charge < -0.3 is 0 Å². The van der Waals surface area contributed by atoms with Gasteiger partial charge in [-0.05, 0) is 58.3 Å². The Morgan fingerprint density at radius 1 is 0.714 bits per heavy atom. The predicted octanol–water partition coefficient (Wildman–Crippen LogP) is 5.76. The molecule has 0 atom stereocenters. The van der Waals surface area contributed by atoms with Crippen molar-refractivity contribution in [2.75, 3.05) is 0 Å². The first-order valence-corrected chi connectivity index (χ1v) is 9.56. The van der Waals surface area contributed by atoms with Crippen LogP contribution >= 0.6 is 0 Å². The van der Waals surface area contributed by atoms with Crippen LogP contribution in [0.4, 0.5) is 0 Å². The maximum atomic E-state index is 5.00. The third kappa shape index (κ3) is 1.69. The van der Waals surface area contributed by atoms with E-state index >= 15 is 0 Å². The third-order valence-electron chi connectivity index (χ3n) is 6.06. The lowest BCUT2D eigenvalue weighted by molar-refractivity contribution is 1.27. The van der Waals surface area contributed by atoms with Gasteiger partial charge in [0.05, 0.1) is 22.7 Å². The van der Waals surface area contributed by atoms with Gasteiger partial charge in [0, 0.05) is 17.0 Å². The molecule has 0 aliphatic heterocycles. The van der Waals surface area contributed by atoms with Gasteiger partial charge >= 0.3 is 0 Å². The summed E-state index contributed by atoms with van der Waals surface area (Å²) in [4.78, 5) is 9.35. The number of hydrogen-bond donors (Lipinski definition) is 0. The van der Waals surface area contributed by atoms with Crippen molar-refractivity contribution in [1.29, 1.82) is 0 Å². The average Bonchev–Trinajstić information content (AvgIpc) is 3.31. The number of hydrogen-bond acceptors (Lipinski definition) is 2. The van der Waals surface area contributed by atoms with Gasteiger partial charge in [-0.15, -0.1) is 0 Å². The van der Waals surface area contributed by atoms with Gasteiger partial charge in [-0.25, -0.2) is 4.98 Å². The molecule has 0 amide bonds. The molecule has 3 aromatic heterocycles. The van der Waals surface area contributed by atoms with Crippen LogP contribution in [0.3, 0.4) is 0 Å². The first-order valence-electron chi connectivity index (χ1n) is 9.56. The molecular weight excluding hydrogens is 342 g/mol. The van der Waals surface area contributed by atoms with Crippen LogP contribution in [-0.4, -0.2) is 14.4 Å². The molecule has 3 nitrogen and oxygen atoms in total.